The standard InChI is InChI=1S/C54H103N2O6P/c1-6-8-10-12-14-16-18-20-22-24-26-27-28-29-30-32-34-36-38-40-42-44-46-48-54(58)55-52(51-62-63(59,60)61-50-49-56(3,4)5)53(57)47-45-43-41-39-37-35-33-31-25-23-21-19-17-15-13-11-9-7-2/h18,20,24,26,37,39,45,47,52-53,57H,6-17,19,21-23,25,27-36,38,40-44,46,48-51H2,1-5H3,(H-,55,58,59,60)/p+1/b20-18-,26-24-,39-37+,47-45+. The predicted molar refractivity (Wildman–Crippen MR) is 272 cm³/mol. The maximum Gasteiger partial charge on any atom is 0.472 e. The fourth-order valence-electron chi connectivity index (χ4n) is 7.56. The minimum Gasteiger partial charge on any atom is -0.387 e. The van der Waals surface area contributed by atoms with Crippen molar-refractivity contribution in [1.82, 2.24) is 5.32 Å². The highest BCUT2D eigenvalue weighted by molar-refractivity contribution is 7.47. The zero-order chi connectivity index (χ0) is 46.4. The summed E-state index contributed by atoms with van der Waals surface area (Å²) >= 11 is 0. The van der Waals surface area contributed by atoms with Crippen LogP contribution in [0.5, 0.6) is 0 Å². The van der Waals surface area contributed by atoms with Gasteiger partial charge in [-0.05, 0) is 64.2 Å². The molecule has 370 valence electrons. The number of hydrogen-bond acceptors (Lipinski definition) is 5. The molecule has 0 rings (SSSR count). The number of allylic oxidation sites excluding steroid dienone is 7. The van der Waals surface area contributed by atoms with Crippen molar-refractivity contribution in [1.29, 1.82) is 0 Å². The predicted octanol–water partition coefficient (Wildman–Crippen LogP) is 15.6. The highest BCUT2D eigenvalue weighted by Crippen LogP contribution is 2.43. The lowest BCUT2D eigenvalue weighted by Gasteiger charge is -2.25. The molecule has 0 aromatic heterocycles. The van der Waals surface area contributed by atoms with E-state index in [0.717, 1.165) is 44.9 Å². The molecule has 0 fully saturated rings. The fourth-order valence-corrected chi connectivity index (χ4v) is 8.29. The number of unbranched alkanes of at least 4 members (excludes halogenated alkanes) is 29. The summed E-state index contributed by atoms with van der Waals surface area (Å²) in [4.78, 5) is 23.2. The van der Waals surface area contributed by atoms with Crippen molar-refractivity contribution in [2.75, 3.05) is 40.9 Å². The van der Waals surface area contributed by atoms with E-state index in [9.17, 15) is 19.4 Å². The van der Waals surface area contributed by atoms with Gasteiger partial charge in [0.15, 0.2) is 0 Å². The minimum absolute atomic E-state index is 0.0551. The van der Waals surface area contributed by atoms with Crippen LogP contribution in [0.25, 0.3) is 0 Å². The van der Waals surface area contributed by atoms with Crippen LogP contribution < -0.4 is 5.32 Å². The Bertz CT molecular complexity index is 1170. The lowest BCUT2D eigenvalue weighted by Crippen LogP contribution is -2.45. The first-order valence-corrected chi connectivity index (χ1v) is 28.0. The Hall–Kier alpha value is -1.54. The molecular formula is C54H104N2O6P+. The van der Waals surface area contributed by atoms with Crippen molar-refractivity contribution in [3.63, 3.8) is 0 Å². The fraction of sp³-hybridized carbons (Fsp3) is 0.833. The number of hydrogen-bond donors (Lipinski definition) is 3. The average molecular weight is 908 g/mol. The van der Waals surface area contributed by atoms with E-state index in [1.165, 1.54) is 173 Å². The molecule has 8 nitrogen and oxygen atoms in total. The molecule has 0 heterocycles. The number of nitrogens with one attached hydrogen (secondary N) is 1. The second-order valence-electron chi connectivity index (χ2n) is 19.2. The SMILES string of the molecule is CCCCCCC/C=C\C/C=C\CCCCCCCCCCCCCC(=O)NC(COP(=O)(O)OCC[N+](C)(C)C)C(O)/C=C/CC/C=C/CCCCCCCCCCCCCC. The Labute approximate surface area is 390 Å². The van der Waals surface area contributed by atoms with Crippen molar-refractivity contribution in [3.05, 3.63) is 48.6 Å². The number of phosphoric acid groups is 1. The summed E-state index contributed by atoms with van der Waals surface area (Å²) in [5.74, 6) is -0.189. The number of carbonyl (C=O) groups excluding carboxylic acids is 1. The third kappa shape index (κ3) is 48.2. The molecular weight excluding hydrogens is 804 g/mol. The van der Waals surface area contributed by atoms with Crippen LogP contribution in [-0.2, 0) is 18.4 Å². The Kier molecular flexibility index (Phi) is 44.5. The third-order valence-corrected chi connectivity index (χ3v) is 12.8. The van der Waals surface area contributed by atoms with Gasteiger partial charge in [-0.25, -0.2) is 4.57 Å². The quantitative estimate of drug-likeness (QED) is 0.0243. The van der Waals surface area contributed by atoms with E-state index < -0.39 is 20.0 Å². The lowest BCUT2D eigenvalue weighted by molar-refractivity contribution is -0.870. The van der Waals surface area contributed by atoms with Gasteiger partial charge in [-0.2, -0.15) is 0 Å². The smallest absolute Gasteiger partial charge is 0.387 e. The van der Waals surface area contributed by atoms with E-state index in [1.807, 2.05) is 27.2 Å². The number of carbonyl (C=O) groups is 1. The first-order valence-electron chi connectivity index (χ1n) is 26.5. The van der Waals surface area contributed by atoms with Gasteiger partial charge in [0.1, 0.15) is 13.2 Å². The zero-order valence-electron chi connectivity index (χ0n) is 42.1. The van der Waals surface area contributed by atoms with Crippen LogP contribution >= 0.6 is 7.82 Å². The van der Waals surface area contributed by atoms with E-state index in [-0.39, 0.29) is 19.1 Å². The monoisotopic (exact) mass is 908 g/mol. The van der Waals surface area contributed by atoms with Gasteiger partial charge in [0.05, 0.1) is 39.9 Å². The number of likely N-dealkylation sites (N-methyl/N-ethyl adjacent to an activating group) is 1. The molecule has 3 unspecified atom stereocenters. The Morgan fingerprint density at radius 1 is 0.540 bits per heavy atom. The zero-order valence-corrected chi connectivity index (χ0v) is 43.0. The molecule has 0 aliphatic carbocycles. The Morgan fingerprint density at radius 3 is 1.37 bits per heavy atom. The molecule has 0 aromatic rings. The topological polar surface area (TPSA) is 105 Å². The van der Waals surface area contributed by atoms with Crippen molar-refractivity contribution >= 4 is 13.7 Å². The Balaban J connectivity index is 4.31. The molecule has 9 heteroatoms. The van der Waals surface area contributed by atoms with E-state index in [2.05, 4.69) is 55.6 Å². The molecule has 0 aliphatic rings. The lowest BCUT2D eigenvalue weighted by atomic mass is 10.0. The molecule has 0 aromatic carbocycles. The van der Waals surface area contributed by atoms with E-state index in [1.54, 1.807) is 6.08 Å². The number of rotatable bonds is 48. The summed E-state index contributed by atoms with van der Waals surface area (Å²) in [6.07, 6.45) is 59.1. The van der Waals surface area contributed by atoms with Crippen LogP contribution in [0, 0.1) is 0 Å². The number of amides is 1. The van der Waals surface area contributed by atoms with Crippen molar-refractivity contribution in [3.8, 4) is 0 Å². The third-order valence-electron chi connectivity index (χ3n) is 11.8. The summed E-state index contributed by atoms with van der Waals surface area (Å²) in [6, 6.07) is -0.865. The largest absolute Gasteiger partial charge is 0.472 e. The number of aliphatic hydroxyl groups is 1. The Morgan fingerprint density at radius 2 is 0.921 bits per heavy atom. The first-order chi connectivity index (χ1) is 30.5. The number of aliphatic hydroxyl groups excluding tert-OH is 1. The number of nitrogens with zero attached hydrogens (tertiary/aromatic N) is 1. The highest BCUT2D eigenvalue weighted by atomic mass is 31.2. The highest BCUT2D eigenvalue weighted by Gasteiger charge is 2.27. The molecule has 0 radical (unpaired) electrons. The van der Waals surface area contributed by atoms with Crippen LogP contribution in [0.3, 0.4) is 0 Å². The van der Waals surface area contributed by atoms with Gasteiger partial charge < -0.3 is 19.8 Å². The molecule has 3 atom stereocenters. The van der Waals surface area contributed by atoms with Crippen molar-refractivity contribution < 1.29 is 32.9 Å². The second-order valence-corrected chi connectivity index (χ2v) is 20.7. The summed E-state index contributed by atoms with van der Waals surface area (Å²) < 4.78 is 23.6. The van der Waals surface area contributed by atoms with Crippen LogP contribution in [0.2, 0.25) is 0 Å². The number of quaternary nitrogens is 1. The molecule has 0 saturated carbocycles. The van der Waals surface area contributed by atoms with Crippen LogP contribution in [0.15, 0.2) is 48.6 Å². The van der Waals surface area contributed by atoms with Crippen LogP contribution in [0.4, 0.5) is 0 Å². The van der Waals surface area contributed by atoms with Gasteiger partial charge in [-0.1, -0.05) is 217 Å². The average Bonchev–Trinajstić information content (AvgIpc) is 3.24. The van der Waals surface area contributed by atoms with E-state index >= 15 is 0 Å². The summed E-state index contributed by atoms with van der Waals surface area (Å²) in [5, 5.41) is 13.9. The van der Waals surface area contributed by atoms with Gasteiger partial charge in [-0.3, -0.25) is 13.8 Å². The second kappa shape index (κ2) is 45.6. The van der Waals surface area contributed by atoms with Gasteiger partial charge in [-0.15, -0.1) is 0 Å². The molecule has 1 amide bonds. The van der Waals surface area contributed by atoms with Crippen LogP contribution in [-0.4, -0.2) is 73.4 Å². The summed E-state index contributed by atoms with van der Waals surface area (Å²) in [5.41, 5.74) is 0. The maximum atomic E-state index is 12.9. The van der Waals surface area contributed by atoms with Crippen molar-refractivity contribution in [2.24, 2.45) is 0 Å². The first kappa shape index (κ1) is 61.5. The molecule has 0 saturated heterocycles. The van der Waals surface area contributed by atoms with Crippen molar-refractivity contribution in [2.45, 2.75) is 251 Å². The van der Waals surface area contributed by atoms with Gasteiger partial charge in [0.25, 0.3) is 0 Å². The van der Waals surface area contributed by atoms with Gasteiger partial charge >= 0.3 is 7.82 Å². The van der Waals surface area contributed by atoms with E-state index in [0.29, 0.717) is 17.4 Å². The van der Waals surface area contributed by atoms with E-state index in [4.69, 9.17) is 9.05 Å². The molecule has 0 bridgehead atoms. The summed E-state index contributed by atoms with van der Waals surface area (Å²) in [6.45, 7) is 4.80. The van der Waals surface area contributed by atoms with Gasteiger partial charge in [0, 0.05) is 6.42 Å². The molecule has 63 heavy (non-hydrogen) atoms. The van der Waals surface area contributed by atoms with Gasteiger partial charge in [0.2, 0.25) is 5.91 Å². The molecule has 0 aliphatic heterocycles. The number of phosphoric ester groups is 1. The molecule has 3 N–H and O–H groups in total. The van der Waals surface area contributed by atoms with Crippen LogP contribution in [0.1, 0.15) is 239 Å². The maximum absolute atomic E-state index is 12.9. The normalized spacial score (nSPS) is 14.5. The molecule has 0 spiro atoms. The summed E-state index contributed by atoms with van der Waals surface area (Å²) in [7, 11) is 1.55. The minimum atomic E-state index is -4.35.